The first-order valence-corrected chi connectivity index (χ1v) is 11.3. The van der Waals surface area contributed by atoms with E-state index in [1.807, 2.05) is 4.90 Å². The third kappa shape index (κ3) is 3.94. The molecule has 1 saturated heterocycles. The number of benzene rings is 2. The Bertz CT molecular complexity index is 1070. The molecule has 0 aromatic heterocycles. The molecule has 2 aromatic carbocycles. The zero-order valence-electron chi connectivity index (χ0n) is 16.6. The van der Waals surface area contributed by atoms with Crippen molar-refractivity contribution >= 4 is 21.6 Å². The molecule has 1 atom stereocenters. The molecule has 160 valence electrons. The van der Waals surface area contributed by atoms with Gasteiger partial charge in [-0.2, -0.15) is 0 Å². The molecule has 9 heteroatoms. The lowest BCUT2D eigenvalue weighted by molar-refractivity contribution is 0.0548. The molecule has 1 N–H and O–H groups in total. The fraction of sp³-hybridized carbons (Fsp3) is 0.381. The van der Waals surface area contributed by atoms with Gasteiger partial charge in [0.15, 0.2) is 0 Å². The van der Waals surface area contributed by atoms with E-state index in [1.165, 1.54) is 25.3 Å². The van der Waals surface area contributed by atoms with Crippen LogP contribution >= 0.6 is 0 Å². The van der Waals surface area contributed by atoms with E-state index in [0.717, 1.165) is 37.8 Å². The smallest absolute Gasteiger partial charge is 0.265 e. The van der Waals surface area contributed by atoms with E-state index in [4.69, 9.17) is 9.47 Å². The van der Waals surface area contributed by atoms with Gasteiger partial charge in [0, 0.05) is 24.7 Å². The maximum absolute atomic E-state index is 13.7. The lowest BCUT2D eigenvalue weighted by Crippen LogP contribution is -2.45. The number of hydrogen-bond donors (Lipinski definition) is 1. The van der Waals surface area contributed by atoms with Crippen LogP contribution < -0.4 is 14.2 Å². The van der Waals surface area contributed by atoms with Gasteiger partial charge in [0.2, 0.25) is 0 Å². The lowest BCUT2D eigenvalue weighted by Gasteiger charge is -2.37. The van der Waals surface area contributed by atoms with Gasteiger partial charge in [0.25, 0.3) is 15.9 Å². The molecule has 1 unspecified atom stereocenters. The van der Waals surface area contributed by atoms with Crippen LogP contribution in [0.1, 0.15) is 36.0 Å². The first kappa shape index (κ1) is 20.5. The topological polar surface area (TPSA) is 84.9 Å². The average molecular weight is 434 g/mol. The number of ether oxygens (including phenoxy) is 2. The number of sulfonamides is 1. The summed E-state index contributed by atoms with van der Waals surface area (Å²) in [5.41, 5.74) is 0.499. The summed E-state index contributed by atoms with van der Waals surface area (Å²) in [7, 11) is -2.83. The molecule has 30 heavy (non-hydrogen) atoms. The largest absolute Gasteiger partial charge is 0.495 e. The number of piperidine rings is 1. The molecule has 0 saturated carbocycles. The fourth-order valence-corrected chi connectivity index (χ4v) is 5.22. The molecule has 4 rings (SSSR count). The van der Waals surface area contributed by atoms with E-state index in [2.05, 4.69) is 4.72 Å². The number of carbonyl (C=O) groups is 1. The molecular weight excluding hydrogens is 411 g/mol. The maximum atomic E-state index is 13.7. The van der Waals surface area contributed by atoms with Crippen molar-refractivity contribution in [2.45, 2.75) is 36.6 Å². The number of rotatable bonds is 4. The number of amides is 1. The maximum Gasteiger partial charge on any atom is 0.265 e. The van der Waals surface area contributed by atoms with Gasteiger partial charge in [0.05, 0.1) is 19.3 Å². The Morgan fingerprint density at radius 1 is 1.17 bits per heavy atom. The minimum absolute atomic E-state index is 0.0192. The Hall–Kier alpha value is -2.81. The second-order valence-electron chi connectivity index (χ2n) is 7.40. The number of carbonyl (C=O) groups excluding carboxylic acids is 1. The van der Waals surface area contributed by atoms with Crippen molar-refractivity contribution < 1.29 is 27.1 Å². The predicted octanol–water partition coefficient (Wildman–Crippen LogP) is 3.41. The number of methoxy groups -OCH3 is 1. The lowest BCUT2D eigenvalue weighted by atomic mass is 9.97. The normalized spacial score (nSPS) is 19.1. The molecule has 7 nitrogen and oxygen atoms in total. The van der Waals surface area contributed by atoms with Crippen LogP contribution in [0.3, 0.4) is 0 Å². The second kappa shape index (κ2) is 8.14. The van der Waals surface area contributed by atoms with Gasteiger partial charge in [-0.05, 0) is 55.7 Å². The first-order valence-electron chi connectivity index (χ1n) is 9.83. The van der Waals surface area contributed by atoms with Crippen LogP contribution in [0.25, 0.3) is 0 Å². The van der Waals surface area contributed by atoms with Gasteiger partial charge in [-0.15, -0.1) is 0 Å². The summed E-state index contributed by atoms with van der Waals surface area (Å²) in [6, 6.07) is 7.96. The van der Waals surface area contributed by atoms with Crippen molar-refractivity contribution in [2.75, 3.05) is 25.0 Å². The summed E-state index contributed by atoms with van der Waals surface area (Å²) in [6.45, 7) is 1.17. The highest BCUT2D eigenvalue weighted by Gasteiger charge is 2.31. The van der Waals surface area contributed by atoms with Crippen molar-refractivity contribution in [3.63, 3.8) is 0 Å². The number of fused-ring (bicyclic) bond motifs is 2. The quantitative estimate of drug-likeness (QED) is 0.797. The summed E-state index contributed by atoms with van der Waals surface area (Å²) in [4.78, 5) is 14.7. The van der Waals surface area contributed by atoms with Crippen LogP contribution in [0.2, 0.25) is 0 Å². The second-order valence-corrected chi connectivity index (χ2v) is 9.05. The van der Waals surface area contributed by atoms with E-state index in [9.17, 15) is 17.6 Å². The molecule has 1 fully saturated rings. The Morgan fingerprint density at radius 3 is 2.80 bits per heavy atom. The molecule has 2 aromatic rings. The van der Waals surface area contributed by atoms with Crippen LogP contribution in [-0.4, -0.2) is 45.5 Å². The van der Waals surface area contributed by atoms with Gasteiger partial charge in [-0.25, -0.2) is 12.8 Å². The predicted molar refractivity (Wildman–Crippen MR) is 109 cm³/mol. The van der Waals surface area contributed by atoms with Crippen LogP contribution in [0.4, 0.5) is 10.1 Å². The number of nitrogens with one attached hydrogen (secondary N) is 1. The summed E-state index contributed by atoms with van der Waals surface area (Å²) in [6.07, 6.45) is 3.75. The number of nitrogens with zero attached hydrogens (tertiary/aromatic N) is 1. The molecule has 0 aliphatic carbocycles. The van der Waals surface area contributed by atoms with E-state index in [-0.39, 0.29) is 28.3 Å². The molecule has 0 spiro atoms. The number of anilines is 1. The summed E-state index contributed by atoms with van der Waals surface area (Å²) < 4.78 is 52.6. The molecule has 0 bridgehead atoms. The standard InChI is InChI=1S/C21H23FN2O5S/c1-28-19-7-5-14(22)12-20(19)30(26,27)23-15-6-8-18-17(13-15)21(25)24-10-3-2-4-16(24)9-11-29-18/h5-8,12-13,16,23H,2-4,9-11H2,1H3. The first-order chi connectivity index (χ1) is 14.4. The molecule has 2 heterocycles. The van der Waals surface area contributed by atoms with E-state index in [0.29, 0.717) is 24.5 Å². The van der Waals surface area contributed by atoms with Gasteiger partial charge in [0.1, 0.15) is 22.2 Å². The molecule has 2 aliphatic heterocycles. The molecule has 1 amide bonds. The van der Waals surface area contributed by atoms with Crippen molar-refractivity contribution in [2.24, 2.45) is 0 Å². The summed E-state index contributed by atoms with van der Waals surface area (Å²) in [5, 5.41) is 0. The van der Waals surface area contributed by atoms with Gasteiger partial charge in [-0.3, -0.25) is 9.52 Å². The van der Waals surface area contributed by atoms with Crippen LogP contribution in [0.5, 0.6) is 11.5 Å². The van der Waals surface area contributed by atoms with E-state index in [1.54, 1.807) is 6.07 Å². The third-order valence-electron chi connectivity index (χ3n) is 5.47. The fourth-order valence-electron chi connectivity index (χ4n) is 3.98. The summed E-state index contributed by atoms with van der Waals surface area (Å²) in [5.74, 6) is -0.422. The molecule has 0 radical (unpaired) electrons. The van der Waals surface area contributed by atoms with Crippen molar-refractivity contribution in [3.8, 4) is 11.5 Å². The van der Waals surface area contributed by atoms with Gasteiger partial charge in [-0.1, -0.05) is 0 Å². The zero-order valence-corrected chi connectivity index (χ0v) is 17.4. The summed E-state index contributed by atoms with van der Waals surface area (Å²) >= 11 is 0. The Kier molecular flexibility index (Phi) is 5.55. The number of halogens is 1. The van der Waals surface area contributed by atoms with Crippen LogP contribution in [-0.2, 0) is 10.0 Å². The van der Waals surface area contributed by atoms with E-state index >= 15 is 0 Å². The highest BCUT2D eigenvalue weighted by Crippen LogP contribution is 2.32. The SMILES string of the molecule is COc1ccc(F)cc1S(=O)(=O)Nc1ccc2c(c1)C(=O)N1CCCCC1CCO2. The highest BCUT2D eigenvalue weighted by atomic mass is 32.2. The zero-order chi connectivity index (χ0) is 21.3. The van der Waals surface area contributed by atoms with Gasteiger partial charge < -0.3 is 14.4 Å². The monoisotopic (exact) mass is 434 g/mol. The van der Waals surface area contributed by atoms with Crippen molar-refractivity contribution in [1.29, 1.82) is 0 Å². The highest BCUT2D eigenvalue weighted by molar-refractivity contribution is 7.92. The number of hydrogen-bond acceptors (Lipinski definition) is 5. The van der Waals surface area contributed by atoms with E-state index < -0.39 is 15.8 Å². The third-order valence-corrected chi connectivity index (χ3v) is 6.88. The van der Waals surface area contributed by atoms with Gasteiger partial charge >= 0.3 is 0 Å². The Morgan fingerprint density at radius 2 is 2.00 bits per heavy atom. The van der Waals surface area contributed by atoms with Crippen molar-refractivity contribution in [3.05, 3.63) is 47.8 Å². The Labute approximate surface area is 174 Å². The Balaban J connectivity index is 1.67. The minimum atomic E-state index is -4.14. The van der Waals surface area contributed by atoms with Crippen LogP contribution in [0.15, 0.2) is 41.3 Å². The molecular formula is C21H23FN2O5S. The minimum Gasteiger partial charge on any atom is -0.495 e. The average Bonchev–Trinajstić information content (AvgIpc) is 2.73. The van der Waals surface area contributed by atoms with Crippen molar-refractivity contribution in [1.82, 2.24) is 4.90 Å². The van der Waals surface area contributed by atoms with Crippen LogP contribution in [0, 0.1) is 5.82 Å². The molecule has 2 aliphatic rings.